The SMILES string of the molecule is COc1ccc2c(CC(=O)N3CCNCC3c3ccccc3OC)coc2c1.Cl. The monoisotopic (exact) mass is 416 g/mol. The summed E-state index contributed by atoms with van der Waals surface area (Å²) >= 11 is 0. The number of nitrogens with one attached hydrogen (secondary N) is 1. The third-order valence-electron chi connectivity index (χ3n) is 5.27. The average molecular weight is 417 g/mol. The van der Waals surface area contributed by atoms with Gasteiger partial charge in [-0.2, -0.15) is 0 Å². The van der Waals surface area contributed by atoms with Crippen LogP contribution in [0, 0.1) is 0 Å². The van der Waals surface area contributed by atoms with Crippen LogP contribution in [0.4, 0.5) is 0 Å². The third kappa shape index (κ3) is 4.18. The van der Waals surface area contributed by atoms with Gasteiger partial charge in [0.15, 0.2) is 0 Å². The predicted molar refractivity (Wildman–Crippen MR) is 114 cm³/mol. The Morgan fingerprint density at radius 3 is 2.83 bits per heavy atom. The number of fused-ring (bicyclic) bond motifs is 1. The number of halogens is 1. The van der Waals surface area contributed by atoms with Crippen molar-refractivity contribution >= 4 is 29.3 Å². The molecule has 0 saturated carbocycles. The number of carbonyl (C=O) groups excluding carboxylic acids is 1. The molecule has 154 valence electrons. The zero-order chi connectivity index (χ0) is 19.5. The van der Waals surface area contributed by atoms with E-state index in [1.165, 1.54) is 0 Å². The van der Waals surface area contributed by atoms with Crippen LogP contribution in [0.5, 0.6) is 11.5 Å². The van der Waals surface area contributed by atoms with E-state index in [0.29, 0.717) is 19.5 Å². The highest BCUT2D eigenvalue weighted by Crippen LogP contribution is 2.31. The van der Waals surface area contributed by atoms with Crippen LogP contribution in [0.1, 0.15) is 17.2 Å². The van der Waals surface area contributed by atoms with Gasteiger partial charge in [-0.3, -0.25) is 4.79 Å². The summed E-state index contributed by atoms with van der Waals surface area (Å²) in [5.74, 6) is 1.61. The van der Waals surface area contributed by atoms with E-state index in [4.69, 9.17) is 13.9 Å². The molecule has 2 heterocycles. The number of hydrogen-bond donors (Lipinski definition) is 1. The van der Waals surface area contributed by atoms with E-state index >= 15 is 0 Å². The number of amides is 1. The smallest absolute Gasteiger partial charge is 0.227 e. The van der Waals surface area contributed by atoms with E-state index in [0.717, 1.165) is 40.1 Å². The minimum atomic E-state index is -0.0596. The fourth-order valence-corrected chi connectivity index (χ4v) is 3.81. The van der Waals surface area contributed by atoms with Gasteiger partial charge in [0.25, 0.3) is 0 Å². The first-order chi connectivity index (χ1) is 13.7. The lowest BCUT2D eigenvalue weighted by Crippen LogP contribution is -2.49. The first kappa shape index (κ1) is 21.0. The Kier molecular flexibility index (Phi) is 6.67. The van der Waals surface area contributed by atoms with Crippen LogP contribution in [-0.2, 0) is 11.2 Å². The quantitative estimate of drug-likeness (QED) is 0.688. The zero-order valence-electron chi connectivity index (χ0n) is 16.5. The van der Waals surface area contributed by atoms with Gasteiger partial charge in [-0.1, -0.05) is 18.2 Å². The molecule has 0 aliphatic carbocycles. The summed E-state index contributed by atoms with van der Waals surface area (Å²) in [6.07, 6.45) is 1.97. The number of rotatable bonds is 5. The second kappa shape index (κ2) is 9.20. The van der Waals surface area contributed by atoms with Gasteiger partial charge in [0.2, 0.25) is 5.91 Å². The molecule has 1 unspecified atom stereocenters. The maximum atomic E-state index is 13.2. The number of nitrogens with zero attached hydrogens (tertiary/aromatic N) is 1. The molecule has 1 saturated heterocycles. The number of piperazine rings is 1. The summed E-state index contributed by atoms with van der Waals surface area (Å²) in [5, 5.41) is 4.33. The summed E-state index contributed by atoms with van der Waals surface area (Å²) in [5.41, 5.74) is 2.64. The molecule has 1 amide bonds. The Morgan fingerprint density at radius 2 is 2.03 bits per heavy atom. The fourth-order valence-electron chi connectivity index (χ4n) is 3.81. The lowest BCUT2D eigenvalue weighted by molar-refractivity contribution is -0.133. The second-order valence-electron chi connectivity index (χ2n) is 6.85. The highest BCUT2D eigenvalue weighted by Gasteiger charge is 2.30. The number of para-hydroxylation sites is 1. The van der Waals surface area contributed by atoms with Crippen LogP contribution < -0.4 is 14.8 Å². The second-order valence-corrected chi connectivity index (χ2v) is 6.85. The molecular weight excluding hydrogens is 392 g/mol. The molecule has 1 aromatic heterocycles. The molecule has 1 fully saturated rings. The summed E-state index contributed by atoms with van der Waals surface area (Å²) in [7, 11) is 3.28. The van der Waals surface area contributed by atoms with Crippen LogP contribution in [0.2, 0.25) is 0 Å². The van der Waals surface area contributed by atoms with Crippen molar-refractivity contribution in [3.63, 3.8) is 0 Å². The van der Waals surface area contributed by atoms with E-state index in [9.17, 15) is 4.79 Å². The number of furan rings is 1. The standard InChI is InChI=1S/C22H24N2O4.ClH/c1-26-16-7-8-17-15(14-28-21(17)12-16)11-22(25)24-10-9-23-13-19(24)18-5-3-4-6-20(18)27-2;/h3-8,12,14,19,23H,9-11,13H2,1-2H3;1H. The molecule has 29 heavy (non-hydrogen) atoms. The van der Waals surface area contributed by atoms with Crippen molar-refractivity contribution in [2.24, 2.45) is 0 Å². The zero-order valence-corrected chi connectivity index (χ0v) is 17.3. The first-order valence-corrected chi connectivity index (χ1v) is 9.38. The van der Waals surface area contributed by atoms with Gasteiger partial charge in [-0.15, -0.1) is 12.4 Å². The maximum absolute atomic E-state index is 13.2. The first-order valence-electron chi connectivity index (χ1n) is 9.38. The van der Waals surface area contributed by atoms with Gasteiger partial charge in [0.05, 0.1) is 32.9 Å². The molecule has 7 heteroatoms. The van der Waals surface area contributed by atoms with Crippen LogP contribution in [0.15, 0.2) is 53.1 Å². The molecule has 4 rings (SSSR count). The highest BCUT2D eigenvalue weighted by atomic mass is 35.5. The molecule has 3 aromatic rings. The lowest BCUT2D eigenvalue weighted by atomic mass is 10.0. The lowest BCUT2D eigenvalue weighted by Gasteiger charge is -2.37. The van der Waals surface area contributed by atoms with E-state index in [1.54, 1.807) is 20.5 Å². The van der Waals surface area contributed by atoms with Gasteiger partial charge in [0, 0.05) is 42.2 Å². The predicted octanol–water partition coefficient (Wildman–Crippen LogP) is 3.59. The number of benzene rings is 2. The van der Waals surface area contributed by atoms with Crippen molar-refractivity contribution in [1.82, 2.24) is 10.2 Å². The Balaban J connectivity index is 0.00000240. The van der Waals surface area contributed by atoms with E-state index in [2.05, 4.69) is 5.32 Å². The molecule has 0 radical (unpaired) electrons. The summed E-state index contributed by atoms with van der Waals surface area (Å²) < 4.78 is 16.4. The van der Waals surface area contributed by atoms with Gasteiger partial charge in [0.1, 0.15) is 17.1 Å². The topological polar surface area (TPSA) is 63.9 Å². The Hall–Kier alpha value is -2.70. The molecule has 0 spiro atoms. The normalized spacial score (nSPS) is 16.3. The molecule has 2 aromatic carbocycles. The Labute approximate surface area is 176 Å². The van der Waals surface area contributed by atoms with E-state index in [1.807, 2.05) is 47.4 Å². The molecule has 1 N–H and O–H groups in total. The van der Waals surface area contributed by atoms with Gasteiger partial charge >= 0.3 is 0 Å². The van der Waals surface area contributed by atoms with Crippen LogP contribution in [0.25, 0.3) is 11.0 Å². The fraction of sp³-hybridized carbons (Fsp3) is 0.318. The summed E-state index contributed by atoms with van der Waals surface area (Å²) in [6.45, 7) is 2.14. The van der Waals surface area contributed by atoms with Gasteiger partial charge in [-0.25, -0.2) is 0 Å². The number of hydrogen-bond acceptors (Lipinski definition) is 5. The molecular formula is C22H25ClN2O4. The maximum Gasteiger partial charge on any atom is 0.227 e. The van der Waals surface area contributed by atoms with Crippen LogP contribution in [0.3, 0.4) is 0 Å². The van der Waals surface area contributed by atoms with Crippen molar-refractivity contribution in [1.29, 1.82) is 0 Å². The summed E-state index contributed by atoms with van der Waals surface area (Å²) in [4.78, 5) is 15.1. The van der Waals surface area contributed by atoms with Crippen molar-refractivity contribution in [2.75, 3.05) is 33.9 Å². The van der Waals surface area contributed by atoms with Gasteiger partial charge < -0.3 is 24.1 Å². The third-order valence-corrected chi connectivity index (χ3v) is 5.27. The van der Waals surface area contributed by atoms with E-state index in [-0.39, 0.29) is 24.4 Å². The van der Waals surface area contributed by atoms with Crippen LogP contribution >= 0.6 is 12.4 Å². The Morgan fingerprint density at radius 1 is 1.21 bits per heavy atom. The highest BCUT2D eigenvalue weighted by molar-refractivity contribution is 5.88. The Bertz CT molecular complexity index is 988. The minimum Gasteiger partial charge on any atom is -0.497 e. The number of ether oxygens (including phenoxy) is 2. The number of methoxy groups -OCH3 is 2. The molecule has 0 bridgehead atoms. The van der Waals surface area contributed by atoms with Crippen LogP contribution in [-0.4, -0.2) is 44.7 Å². The molecule has 1 atom stereocenters. The van der Waals surface area contributed by atoms with Crippen molar-refractivity contribution in [3.8, 4) is 11.5 Å². The van der Waals surface area contributed by atoms with E-state index < -0.39 is 0 Å². The summed E-state index contributed by atoms with van der Waals surface area (Å²) in [6, 6.07) is 13.5. The van der Waals surface area contributed by atoms with Crippen molar-refractivity contribution in [2.45, 2.75) is 12.5 Å². The number of carbonyl (C=O) groups is 1. The van der Waals surface area contributed by atoms with Crippen molar-refractivity contribution in [3.05, 3.63) is 59.9 Å². The molecule has 1 aliphatic rings. The average Bonchev–Trinajstić information content (AvgIpc) is 3.15. The largest absolute Gasteiger partial charge is 0.497 e. The van der Waals surface area contributed by atoms with Crippen molar-refractivity contribution < 1.29 is 18.7 Å². The molecule has 1 aliphatic heterocycles. The minimum absolute atomic E-state index is 0. The van der Waals surface area contributed by atoms with Gasteiger partial charge in [-0.05, 0) is 18.2 Å². The molecule has 6 nitrogen and oxygen atoms in total.